The summed E-state index contributed by atoms with van der Waals surface area (Å²) in [4.78, 5) is 15.9. The number of amides is 1. The molecule has 154 valence electrons. The third-order valence-electron chi connectivity index (χ3n) is 4.48. The van der Waals surface area contributed by atoms with E-state index in [0.717, 1.165) is 16.6 Å². The lowest BCUT2D eigenvalue weighted by Crippen LogP contribution is -2.22. The lowest BCUT2D eigenvalue weighted by atomic mass is 10.2. The summed E-state index contributed by atoms with van der Waals surface area (Å²) < 4.78 is 16.2. The molecule has 30 heavy (non-hydrogen) atoms. The zero-order valence-electron chi connectivity index (χ0n) is 16.6. The molecule has 2 aromatic carbocycles. The zero-order valence-corrected chi connectivity index (χ0v) is 17.4. The number of hydrogen-bond donors (Lipinski definition) is 2. The van der Waals surface area contributed by atoms with Crippen LogP contribution in [0.15, 0.2) is 58.2 Å². The molecule has 8 nitrogen and oxygen atoms in total. The van der Waals surface area contributed by atoms with Crippen LogP contribution in [0, 0.1) is 0 Å². The van der Waals surface area contributed by atoms with Crippen molar-refractivity contribution in [3.63, 3.8) is 0 Å². The summed E-state index contributed by atoms with van der Waals surface area (Å²) in [6.07, 6.45) is 0. The number of aromatic amines is 1. The smallest absolute Gasteiger partial charge is 0.277 e. The van der Waals surface area contributed by atoms with E-state index < -0.39 is 5.25 Å². The Labute approximate surface area is 177 Å². The predicted octanol–water partition coefficient (Wildman–Crippen LogP) is 4.35. The molecule has 1 atom stereocenters. The average Bonchev–Trinajstić information content (AvgIpc) is 3.40. The first-order valence-electron chi connectivity index (χ1n) is 9.18. The van der Waals surface area contributed by atoms with Gasteiger partial charge in [-0.25, -0.2) is 0 Å². The van der Waals surface area contributed by atoms with Gasteiger partial charge in [0.1, 0.15) is 17.2 Å². The fourth-order valence-electron chi connectivity index (χ4n) is 2.90. The standard InChI is InChI=1S/C21H20N4O4S/c1-12(19(26)23-16-9-8-14(27-2)11-18(16)28-3)30-21-25-24-20(29-21)17-10-13-6-4-5-7-15(13)22-17/h4-12,22H,1-3H3,(H,23,26)/t12-/m1/s1. The topological polar surface area (TPSA) is 102 Å². The Morgan fingerprint density at radius 3 is 2.73 bits per heavy atom. The number of ether oxygens (including phenoxy) is 2. The highest BCUT2D eigenvalue weighted by molar-refractivity contribution is 8.00. The van der Waals surface area contributed by atoms with Gasteiger partial charge in [0.05, 0.1) is 25.2 Å². The minimum atomic E-state index is -0.465. The summed E-state index contributed by atoms with van der Waals surface area (Å²) in [6.45, 7) is 1.77. The van der Waals surface area contributed by atoms with E-state index in [1.807, 2.05) is 30.3 Å². The molecular weight excluding hydrogens is 404 g/mol. The van der Waals surface area contributed by atoms with Crippen molar-refractivity contribution in [2.24, 2.45) is 0 Å². The van der Waals surface area contributed by atoms with E-state index in [4.69, 9.17) is 13.9 Å². The number of thioether (sulfide) groups is 1. The molecule has 0 aliphatic rings. The molecule has 0 spiro atoms. The minimum absolute atomic E-state index is 0.214. The summed E-state index contributed by atoms with van der Waals surface area (Å²) in [6, 6.07) is 15.0. The number of carbonyl (C=O) groups is 1. The summed E-state index contributed by atoms with van der Waals surface area (Å²) in [7, 11) is 3.10. The Morgan fingerprint density at radius 1 is 1.13 bits per heavy atom. The van der Waals surface area contributed by atoms with Crippen LogP contribution in [0.1, 0.15) is 6.92 Å². The lowest BCUT2D eigenvalue weighted by Gasteiger charge is -2.13. The summed E-state index contributed by atoms with van der Waals surface area (Å²) in [5, 5.41) is 11.9. The number of hydrogen-bond acceptors (Lipinski definition) is 7. The molecule has 2 heterocycles. The second-order valence-electron chi connectivity index (χ2n) is 6.46. The van der Waals surface area contributed by atoms with Crippen molar-refractivity contribution in [1.29, 1.82) is 0 Å². The van der Waals surface area contributed by atoms with Crippen molar-refractivity contribution < 1.29 is 18.7 Å². The number of H-pyrrole nitrogens is 1. The van der Waals surface area contributed by atoms with Crippen LogP contribution in [0.3, 0.4) is 0 Å². The maximum atomic E-state index is 12.6. The van der Waals surface area contributed by atoms with Crippen molar-refractivity contribution in [2.45, 2.75) is 17.4 Å². The van der Waals surface area contributed by atoms with Crippen LogP contribution in [0.4, 0.5) is 5.69 Å². The van der Waals surface area contributed by atoms with Gasteiger partial charge in [-0.3, -0.25) is 4.79 Å². The number of rotatable bonds is 7. The largest absolute Gasteiger partial charge is 0.497 e. The fraction of sp³-hybridized carbons (Fsp3) is 0.190. The minimum Gasteiger partial charge on any atom is -0.497 e. The van der Waals surface area contributed by atoms with Crippen LogP contribution >= 0.6 is 11.8 Å². The Balaban J connectivity index is 1.44. The van der Waals surface area contributed by atoms with E-state index in [1.165, 1.54) is 18.9 Å². The summed E-state index contributed by atoms with van der Waals surface area (Å²) in [5.74, 6) is 1.31. The summed E-state index contributed by atoms with van der Waals surface area (Å²) in [5.41, 5.74) is 2.27. The van der Waals surface area contributed by atoms with Gasteiger partial charge in [0.15, 0.2) is 0 Å². The fourth-order valence-corrected chi connectivity index (χ4v) is 3.58. The highest BCUT2D eigenvalue weighted by atomic mass is 32.2. The second kappa shape index (κ2) is 8.50. The van der Waals surface area contributed by atoms with Crippen LogP contribution in [-0.2, 0) is 4.79 Å². The number of anilines is 1. The van der Waals surface area contributed by atoms with Crippen molar-refractivity contribution in [3.05, 3.63) is 48.5 Å². The Kier molecular flexibility index (Phi) is 5.62. The molecular formula is C21H20N4O4S. The van der Waals surface area contributed by atoms with E-state index in [0.29, 0.717) is 28.3 Å². The number of nitrogens with zero attached hydrogens (tertiary/aromatic N) is 2. The van der Waals surface area contributed by atoms with E-state index >= 15 is 0 Å². The molecule has 0 aliphatic heterocycles. The van der Waals surface area contributed by atoms with Crippen LogP contribution in [-0.4, -0.2) is 40.6 Å². The maximum absolute atomic E-state index is 12.6. The van der Waals surface area contributed by atoms with Crippen LogP contribution in [0.5, 0.6) is 11.5 Å². The predicted molar refractivity (Wildman–Crippen MR) is 115 cm³/mol. The molecule has 1 amide bonds. The number of para-hydroxylation sites is 1. The van der Waals surface area contributed by atoms with Gasteiger partial charge in [-0.05, 0) is 31.2 Å². The number of aromatic nitrogens is 3. The van der Waals surface area contributed by atoms with Gasteiger partial charge in [0.25, 0.3) is 11.1 Å². The van der Waals surface area contributed by atoms with Gasteiger partial charge < -0.3 is 24.2 Å². The highest BCUT2D eigenvalue weighted by Crippen LogP contribution is 2.31. The number of carbonyl (C=O) groups excluding carboxylic acids is 1. The highest BCUT2D eigenvalue weighted by Gasteiger charge is 2.20. The summed E-state index contributed by atoms with van der Waals surface area (Å²) >= 11 is 1.18. The first-order chi connectivity index (χ1) is 14.6. The first-order valence-corrected chi connectivity index (χ1v) is 10.1. The van der Waals surface area contributed by atoms with E-state index in [9.17, 15) is 4.79 Å². The van der Waals surface area contributed by atoms with Crippen molar-refractivity contribution in [2.75, 3.05) is 19.5 Å². The van der Waals surface area contributed by atoms with E-state index in [-0.39, 0.29) is 5.91 Å². The van der Waals surface area contributed by atoms with Crippen molar-refractivity contribution >= 4 is 34.3 Å². The number of methoxy groups -OCH3 is 2. The molecule has 4 aromatic rings. The van der Waals surface area contributed by atoms with Gasteiger partial charge >= 0.3 is 0 Å². The molecule has 2 N–H and O–H groups in total. The van der Waals surface area contributed by atoms with Gasteiger partial charge in [0.2, 0.25) is 5.91 Å². The molecule has 0 saturated carbocycles. The van der Waals surface area contributed by atoms with Gasteiger partial charge in [-0.1, -0.05) is 30.0 Å². The Bertz CT molecular complexity index is 1150. The molecule has 0 unspecified atom stereocenters. The SMILES string of the molecule is COc1ccc(NC(=O)[C@@H](C)Sc2nnc(-c3cc4ccccc4[nH]3)o2)c(OC)c1. The molecule has 0 radical (unpaired) electrons. The first kappa shape index (κ1) is 19.8. The number of fused-ring (bicyclic) bond motifs is 1. The molecule has 0 fully saturated rings. The zero-order chi connectivity index (χ0) is 21.1. The maximum Gasteiger partial charge on any atom is 0.277 e. The number of nitrogens with one attached hydrogen (secondary N) is 2. The van der Waals surface area contributed by atoms with Crippen molar-refractivity contribution in [3.8, 4) is 23.1 Å². The van der Waals surface area contributed by atoms with Crippen LogP contribution in [0.25, 0.3) is 22.5 Å². The number of benzene rings is 2. The third kappa shape index (κ3) is 4.11. The second-order valence-corrected chi connectivity index (χ2v) is 7.75. The molecule has 4 rings (SSSR count). The molecule has 0 saturated heterocycles. The molecule has 0 aliphatic carbocycles. The van der Waals surface area contributed by atoms with Crippen LogP contribution in [0.2, 0.25) is 0 Å². The van der Waals surface area contributed by atoms with Gasteiger partial charge in [0, 0.05) is 17.0 Å². The van der Waals surface area contributed by atoms with E-state index in [1.54, 1.807) is 32.2 Å². The third-order valence-corrected chi connectivity index (χ3v) is 5.41. The molecule has 9 heteroatoms. The van der Waals surface area contributed by atoms with E-state index in [2.05, 4.69) is 20.5 Å². The molecule has 0 bridgehead atoms. The Hall–Kier alpha value is -3.46. The van der Waals surface area contributed by atoms with Crippen LogP contribution < -0.4 is 14.8 Å². The van der Waals surface area contributed by atoms with Gasteiger partial charge in [-0.2, -0.15) is 0 Å². The lowest BCUT2D eigenvalue weighted by molar-refractivity contribution is -0.115. The van der Waals surface area contributed by atoms with Gasteiger partial charge in [-0.15, -0.1) is 10.2 Å². The monoisotopic (exact) mass is 424 g/mol. The Morgan fingerprint density at radius 2 is 1.97 bits per heavy atom. The normalized spacial score (nSPS) is 12.0. The average molecular weight is 424 g/mol. The van der Waals surface area contributed by atoms with Crippen molar-refractivity contribution in [1.82, 2.24) is 15.2 Å². The quantitative estimate of drug-likeness (QED) is 0.425. The molecule has 2 aromatic heterocycles.